The third-order valence-electron chi connectivity index (χ3n) is 7.13. The maximum Gasteiger partial charge on any atom is 0.355 e. The topological polar surface area (TPSA) is 182 Å². The maximum absolute atomic E-state index is 13.2. The summed E-state index contributed by atoms with van der Waals surface area (Å²) in [6.45, 7) is 6.51. The minimum absolute atomic E-state index is 0.0428. The molecule has 46 heavy (non-hydrogen) atoms. The fourth-order valence-electron chi connectivity index (χ4n) is 4.58. The fourth-order valence-corrected chi connectivity index (χ4v) is 4.58. The van der Waals surface area contributed by atoms with Gasteiger partial charge in [0.25, 0.3) is 5.91 Å². The van der Waals surface area contributed by atoms with Crippen LogP contribution in [0.25, 0.3) is 6.08 Å². The van der Waals surface area contributed by atoms with Gasteiger partial charge in [-0.3, -0.25) is 19.8 Å². The average molecular weight is 638 g/mol. The highest BCUT2D eigenvalue weighted by Crippen LogP contribution is 2.25. The second-order valence-corrected chi connectivity index (χ2v) is 10.6. The van der Waals surface area contributed by atoms with Crippen molar-refractivity contribution in [2.24, 2.45) is 5.73 Å². The maximum atomic E-state index is 13.2. The number of amidine groups is 1. The summed E-state index contributed by atoms with van der Waals surface area (Å²) < 4.78 is 22.4. The van der Waals surface area contributed by atoms with Crippen molar-refractivity contribution >= 4 is 35.7 Å². The summed E-state index contributed by atoms with van der Waals surface area (Å²) in [5, 5.41) is 14.0. The van der Waals surface area contributed by atoms with E-state index in [9.17, 15) is 19.2 Å². The number of benzene rings is 2. The zero-order valence-electron chi connectivity index (χ0n) is 26.7. The van der Waals surface area contributed by atoms with Crippen molar-refractivity contribution in [1.29, 1.82) is 5.41 Å². The van der Waals surface area contributed by atoms with E-state index in [1.54, 1.807) is 50.2 Å². The standard InChI is InChI=1S/C33H43N5O8/c1-5-43-30(40)19-25(37-32(41)22-9-11-26(12-10-22)46-27-13-15-36-16-14-27)20-45-29-18-24(31(34)35)8-7-23(29)17-28(33(42)44-6-2)38(4)21(3)39/h7-12,17-18,25,27,36H,5-6,13-16,19-20H2,1-4H3,(H3,34,35)(H,37,41)/b28-17+/t25-/m1/s1. The van der Waals surface area contributed by atoms with E-state index in [0.29, 0.717) is 22.4 Å². The Morgan fingerprint density at radius 2 is 1.70 bits per heavy atom. The van der Waals surface area contributed by atoms with Crippen LogP contribution in [0.2, 0.25) is 0 Å². The Hall–Kier alpha value is -4.91. The Kier molecular flexibility index (Phi) is 13.6. The molecule has 2 aromatic carbocycles. The predicted octanol–water partition coefficient (Wildman–Crippen LogP) is 2.61. The molecule has 2 aromatic rings. The van der Waals surface area contributed by atoms with Gasteiger partial charge in [-0.1, -0.05) is 12.1 Å². The summed E-state index contributed by atoms with van der Waals surface area (Å²) in [4.78, 5) is 51.7. The number of amides is 2. The first-order chi connectivity index (χ1) is 22.0. The van der Waals surface area contributed by atoms with Crippen LogP contribution < -0.4 is 25.8 Å². The molecule has 3 rings (SSSR count). The minimum atomic E-state index is -0.820. The van der Waals surface area contributed by atoms with Gasteiger partial charge in [-0.2, -0.15) is 0 Å². The smallest absolute Gasteiger partial charge is 0.355 e. The van der Waals surface area contributed by atoms with Crippen LogP contribution in [0.5, 0.6) is 11.5 Å². The van der Waals surface area contributed by atoms with E-state index in [1.165, 1.54) is 26.1 Å². The number of esters is 2. The molecule has 248 valence electrons. The average Bonchev–Trinajstić information content (AvgIpc) is 3.03. The molecular weight excluding hydrogens is 594 g/mol. The van der Waals surface area contributed by atoms with Crippen molar-refractivity contribution in [3.63, 3.8) is 0 Å². The van der Waals surface area contributed by atoms with E-state index >= 15 is 0 Å². The number of nitrogens with two attached hydrogens (primary N) is 1. The molecule has 1 saturated heterocycles. The molecule has 1 aliphatic heterocycles. The second kappa shape index (κ2) is 17.5. The Morgan fingerprint density at radius 3 is 2.30 bits per heavy atom. The third-order valence-corrected chi connectivity index (χ3v) is 7.13. The Morgan fingerprint density at radius 1 is 1.04 bits per heavy atom. The van der Waals surface area contributed by atoms with Crippen LogP contribution in [0.1, 0.15) is 61.5 Å². The monoisotopic (exact) mass is 637 g/mol. The highest BCUT2D eigenvalue weighted by atomic mass is 16.5. The summed E-state index contributed by atoms with van der Waals surface area (Å²) in [6, 6.07) is 10.6. The van der Waals surface area contributed by atoms with Gasteiger partial charge >= 0.3 is 11.9 Å². The molecule has 0 bridgehead atoms. The van der Waals surface area contributed by atoms with Crippen LogP contribution in [0.4, 0.5) is 0 Å². The molecule has 0 aromatic heterocycles. The first-order valence-corrected chi connectivity index (χ1v) is 15.2. The van der Waals surface area contributed by atoms with Crippen molar-refractivity contribution in [3.8, 4) is 11.5 Å². The number of hydrogen-bond donors (Lipinski definition) is 4. The number of rotatable bonds is 15. The lowest BCUT2D eigenvalue weighted by molar-refractivity contribution is -0.144. The molecule has 2 amide bonds. The lowest BCUT2D eigenvalue weighted by Crippen LogP contribution is -2.41. The largest absolute Gasteiger partial charge is 0.491 e. The molecule has 0 aliphatic carbocycles. The highest BCUT2D eigenvalue weighted by molar-refractivity contribution is 5.99. The summed E-state index contributed by atoms with van der Waals surface area (Å²) in [5.74, 6) is -1.46. The molecule has 13 heteroatoms. The molecule has 1 fully saturated rings. The normalized spacial score (nSPS) is 14.0. The molecule has 0 radical (unpaired) electrons. The van der Waals surface area contributed by atoms with E-state index in [-0.39, 0.29) is 49.6 Å². The quantitative estimate of drug-likeness (QED) is 0.0980. The van der Waals surface area contributed by atoms with Crippen molar-refractivity contribution in [1.82, 2.24) is 15.5 Å². The van der Waals surface area contributed by atoms with Crippen LogP contribution in [-0.4, -0.2) is 86.6 Å². The summed E-state index contributed by atoms with van der Waals surface area (Å²) >= 11 is 0. The fraction of sp³-hybridized carbons (Fsp3) is 0.424. The molecule has 13 nitrogen and oxygen atoms in total. The van der Waals surface area contributed by atoms with Crippen LogP contribution in [-0.2, 0) is 23.9 Å². The summed E-state index contributed by atoms with van der Waals surface area (Å²) in [6.07, 6.45) is 3.16. The van der Waals surface area contributed by atoms with Crippen LogP contribution >= 0.6 is 0 Å². The number of hydrogen-bond acceptors (Lipinski definition) is 10. The molecule has 5 N–H and O–H groups in total. The van der Waals surface area contributed by atoms with Crippen molar-refractivity contribution in [2.45, 2.75) is 52.2 Å². The van der Waals surface area contributed by atoms with E-state index < -0.39 is 29.8 Å². The van der Waals surface area contributed by atoms with Crippen LogP contribution in [0, 0.1) is 5.41 Å². The number of carbonyl (C=O) groups is 4. The van der Waals surface area contributed by atoms with E-state index in [1.807, 2.05) is 0 Å². The number of nitrogens with zero attached hydrogens (tertiary/aromatic N) is 1. The van der Waals surface area contributed by atoms with Gasteiger partial charge in [0.05, 0.1) is 25.7 Å². The van der Waals surface area contributed by atoms with Gasteiger partial charge in [0.2, 0.25) is 5.91 Å². The lowest BCUT2D eigenvalue weighted by Gasteiger charge is -2.24. The Bertz CT molecular complexity index is 1420. The third kappa shape index (κ3) is 10.6. The van der Waals surface area contributed by atoms with Gasteiger partial charge in [0, 0.05) is 30.7 Å². The van der Waals surface area contributed by atoms with E-state index in [0.717, 1.165) is 30.8 Å². The lowest BCUT2D eigenvalue weighted by atomic mass is 10.1. The van der Waals surface area contributed by atoms with E-state index in [2.05, 4.69) is 10.6 Å². The number of piperidine rings is 1. The molecule has 1 heterocycles. The molecular formula is C33H43N5O8. The number of ether oxygens (including phenoxy) is 4. The Balaban J connectivity index is 1.85. The van der Waals surface area contributed by atoms with Crippen molar-refractivity contribution < 1.29 is 38.1 Å². The van der Waals surface area contributed by atoms with Gasteiger partial charge in [-0.05, 0) is 76.2 Å². The molecule has 0 spiro atoms. The van der Waals surface area contributed by atoms with E-state index in [4.69, 9.17) is 30.1 Å². The highest BCUT2D eigenvalue weighted by Gasteiger charge is 2.23. The SMILES string of the molecule is CCOC(=O)C[C@H](COc1cc(C(=N)N)ccc1/C=C(\C(=O)OCC)N(C)C(C)=O)NC(=O)c1ccc(OC2CCNCC2)cc1. The summed E-state index contributed by atoms with van der Waals surface area (Å²) in [5.41, 5.74) is 6.73. The van der Waals surface area contributed by atoms with Crippen LogP contribution in [0.15, 0.2) is 48.2 Å². The number of carbonyl (C=O) groups excluding carboxylic acids is 4. The van der Waals surface area contributed by atoms with Gasteiger partial charge in [-0.15, -0.1) is 0 Å². The Labute approximate surface area is 268 Å². The van der Waals surface area contributed by atoms with Gasteiger partial charge in [-0.25, -0.2) is 4.79 Å². The molecule has 1 atom stereocenters. The van der Waals surface area contributed by atoms with Gasteiger partial charge < -0.3 is 40.2 Å². The zero-order valence-corrected chi connectivity index (χ0v) is 26.7. The predicted molar refractivity (Wildman–Crippen MR) is 171 cm³/mol. The minimum Gasteiger partial charge on any atom is -0.491 e. The first kappa shape index (κ1) is 35.6. The number of nitrogens with one attached hydrogen (secondary N) is 3. The summed E-state index contributed by atoms with van der Waals surface area (Å²) in [7, 11) is 1.44. The number of likely N-dealkylation sites (N-methyl/N-ethyl adjacent to an activating group) is 1. The molecule has 1 aliphatic rings. The number of nitrogen functional groups attached to an aromatic ring is 1. The molecule has 0 saturated carbocycles. The van der Waals surface area contributed by atoms with Crippen LogP contribution in [0.3, 0.4) is 0 Å². The van der Waals surface area contributed by atoms with Crippen molar-refractivity contribution in [3.05, 3.63) is 64.9 Å². The van der Waals surface area contributed by atoms with Crippen molar-refractivity contribution in [2.75, 3.05) is 40.0 Å². The van der Waals surface area contributed by atoms with Gasteiger partial charge in [0.15, 0.2) is 0 Å². The van der Waals surface area contributed by atoms with Gasteiger partial charge in [0.1, 0.15) is 35.7 Å². The molecule has 0 unspecified atom stereocenters. The first-order valence-electron chi connectivity index (χ1n) is 15.2. The zero-order chi connectivity index (χ0) is 33.6. The second-order valence-electron chi connectivity index (χ2n) is 10.6.